The average Bonchev–Trinajstić information content (AvgIpc) is 2.34. The molecule has 0 bridgehead atoms. The molecule has 0 aliphatic carbocycles. The number of hydrogen-bond donors (Lipinski definition) is 2. The fourth-order valence-electron chi connectivity index (χ4n) is 1.51. The standard InChI is InChI=1S/C13H8ClF2NO2/c14-9-5-7(15)6-10(16)12(9)17-13(19)8-3-1-2-4-11(8)18/h1-6,18H,(H,17,19). The first-order valence-corrected chi connectivity index (χ1v) is 5.60. The van der Waals surface area contributed by atoms with Crippen LogP contribution in [0.2, 0.25) is 5.02 Å². The molecule has 0 aromatic heterocycles. The number of phenols is 1. The molecule has 0 saturated carbocycles. The van der Waals surface area contributed by atoms with Gasteiger partial charge in [0.1, 0.15) is 11.6 Å². The molecular weight excluding hydrogens is 276 g/mol. The van der Waals surface area contributed by atoms with Crippen molar-refractivity contribution in [3.63, 3.8) is 0 Å². The molecule has 6 heteroatoms. The van der Waals surface area contributed by atoms with Gasteiger partial charge in [-0.25, -0.2) is 8.78 Å². The number of phenolic OH excluding ortho intramolecular Hbond substituents is 1. The van der Waals surface area contributed by atoms with Gasteiger partial charge in [0.25, 0.3) is 5.91 Å². The zero-order valence-electron chi connectivity index (χ0n) is 9.45. The van der Waals surface area contributed by atoms with Crippen LogP contribution in [0.3, 0.4) is 0 Å². The van der Waals surface area contributed by atoms with Crippen molar-refractivity contribution in [2.24, 2.45) is 0 Å². The lowest BCUT2D eigenvalue weighted by Crippen LogP contribution is -2.13. The van der Waals surface area contributed by atoms with E-state index in [2.05, 4.69) is 5.32 Å². The monoisotopic (exact) mass is 283 g/mol. The summed E-state index contributed by atoms with van der Waals surface area (Å²) in [5.41, 5.74) is -0.376. The van der Waals surface area contributed by atoms with Gasteiger partial charge < -0.3 is 10.4 Å². The van der Waals surface area contributed by atoms with Crippen LogP contribution in [0.4, 0.5) is 14.5 Å². The number of carbonyl (C=O) groups is 1. The van der Waals surface area contributed by atoms with Crippen molar-refractivity contribution in [3.05, 3.63) is 58.6 Å². The average molecular weight is 284 g/mol. The normalized spacial score (nSPS) is 10.3. The van der Waals surface area contributed by atoms with E-state index in [1.165, 1.54) is 24.3 Å². The number of aromatic hydroxyl groups is 1. The van der Waals surface area contributed by atoms with Gasteiger partial charge in [-0.3, -0.25) is 4.79 Å². The predicted molar refractivity (Wildman–Crippen MR) is 67.4 cm³/mol. The Hall–Kier alpha value is -2.14. The number of anilines is 1. The van der Waals surface area contributed by atoms with Crippen molar-refractivity contribution in [1.82, 2.24) is 0 Å². The zero-order chi connectivity index (χ0) is 14.0. The lowest BCUT2D eigenvalue weighted by molar-refractivity contribution is 0.102. The van der Waals surface area contributed by atoms with Gasteiger partial charge in [0, 0.05) is 6.07 Å². The topological polar surface area (TPSA) is 49.3 Å². The van der Waals surface area contributed by atoms with Crippen LogP contribution in [0, 0.1) is 11.6 Å². The quantitative estimate of drug-likeness (QED) is 0.885. The van der Waals surface area contributed by atoms with E-state index < -0.39 is 17.5 Å². The maximum Gasteiger partial charge on any atom is 0.259 e. The predicted octanol–water partition coefficient (Wildman–Crippen LogP) is 3.58. The van der Waals surface area contributed by atoms with Crippen LogP contribution >= 0.6 is 11.6 Å². The number of carbonyl (C=O) groups excluding carboxylic acids is 1. The Balaban J connectivity index is 2.32. The molecule has 0 unspecified atom stereocenters. The van der Waals surface area contributed by atoms with E-state index in [1.54, 1.807) is 0 Å². The minimum atomic E-state index is -0.992. The second kappa shape index (κ2) is 5.24. The second-order valence-corrected chi connectivity index (χ2v) is 4.12. The molecule has 2 aromatic carbocycles. The van der Waals surface area contributed by atoms with E-state index in [9.17, 15) is 18.7 Å². The van der Waals surface area contributed by atoms with Crippen molar-refractivity contribution in [3.8, 4) is 5.75 Å². The first-order valence-electron chi connectivity index (χ1n) is 5.23. The molecule has 1 amide bonds. The summed E-state index contributed by atoms with van der Waals surface area (Å²) in [5, 5.41) is 11.4. The van der Waals surface area contributed by atoms with E-state index in [-0.39, 0.29) is 22.0 Å². The molecular formula is C13H8ClF2NO2. The molecule has 0 fully saturated rings. The van der Waals surface area contributed by atoms with Gasteiger partial charge in [-0.15, -0.1) is 0 Å². The molecule has 3 nitrogen and oxygen atoms in total. The molecule has 2 aromatic rings. The maximum atomic E-state index is 13.5. The first kappa shape index (κ1) is 13.3. The number of nitrogens with one attached hydrogen (secondary N) is 1. The lowest BCUT2D eigenvalue weighted by Gasteiger charge is -2.09. The summed E-state index contributed by atoms with van der Waals surface area (Å²) in [7, 11) is 0. The van der Waals surface area contributed by atoms with Gasteiger partial charge in [0.15, 0.2) is 5.82 Å². The minimum absolute atomic E-state index is 0.0395. The molecule has 2 N–H and O–H groups in total. The van der Waals surface area contributed by atoms with Crippen molar-refractivity contribution in [2.75, 3.05) is 5.32 Å². The summed E-state index contributed by atoms with van der Waals surface area (Å²) >= 11 is 5.65. The fourth-order valence-corrected chi connectivity index (χ4v) is 1.75. The minimum Gasteiger partial charge on any atom is -0.507 e. The lowest BCUT2D eigenvalue weighted by atomic mass is 10.2. The summed E-state index contributed by atoms with van der Waals surface area (Å²) in [6.07, 6.45) is 0. The van der Waals surface area contributed by atoms with Crippen LogP contribution in [-0.4, -0.2) is 11.0 Å². The second-order valence-electron chi connectivity index (χ2n) is 3.72. The fraction of sp³-hybridized carbons (Fsp3) is 0. The Morgan fingerprint density at radius 1 is 1.21 bits per heavy atom. The van der Waals surface area contributed by atoms with Gasteiger partial charge in [0.05, 0.1) is 16.3 Å². The third kappa shape index (κ3) is 2.82. The Labute approximate surface area is 112 Å². The van der Waals surface area contributed by atoms with E-state index in [0.29, 0.717) is 6.07 Å². The van der Waals surface area contributed by atoms with Gasteiger partial charge in [-0.2, -0.15) is 0 Å². The van der Waals surface area contributed by atoms with E-state index in [4.69, 9.17) is 11.6 Å². The van der Waals surface area contributed by atoms with E-state index in [0.717, 1.165) is 6.07 Å². The molecule has 0 atom stereocenters. The van der Waals surface area contributed by atoms with Crippen molar-refractivity contribution in [2.45, 2.75) is 0 Å². The Kier molecular flexibility index (Phi) is 3.66. The Morgan fingerprint density at radius 3 is 2.53 bits per heavy atom. The highest BCUT2D eigenvalue weighted by atomic mass is 35.5. The molecule has 0 heterocycles. The highest BCUT2D eigenvalue weighted by Crippen LogP contribution is 2.27. The van der Waals surface area contributed by atoms with E-state index >= 15 is 0 Å². The summed E-state index contributed by atoms with van der Waals surface area (Å²) in [5.74, 6) is -2.83. The van der Waals surface area contributed by atoms with Crippen molar-refractivity contribution < 1.29 is 18.7 Å². The molecule has 0 radical (unpaired) electrons. The summed E-state index contributed by atoms with van der Waals surface area (Å²) in [6, 6.07) is 7.24. The number of benzene rings is 2. The third-order valence-electron chi connectivity index (χ3n) is 2.39. The van der Waals surface area contributed by atoms with Gasteiger partial charge in [-0.05, 0) is 18.2 Å². The molecule has 0 aliphatic heterocycles. The molecule has 0 spiro atoms. The Morgan fingerprint density at radius 2 is 1.89 bits per heavy atom. The molecule has 98 valence electrons. The number of para-hydroxylation sites is 1. The number of rotatable bonds is 2. The number of halogens is 3. The van der Waals surface area contributed by atoms with Crippen LogP contribution in [0.5, 0.6) is 5.75 Å². The highest BCUT2D eigenvalue weighted by molar-refractivity contribution is 6.34. The highest BCUT2D eigenvalue weighted by Gasteiger charge is 2.16. The largest absolute Gasteiger partial charge is 0.507 e. The summed E-state index contributed by atoms with van der Waals surface area (Å²) in [4.78, 5) is 11.8. The molecule has 0 aliphatic rings. The summed E-state index contributed by atoms with van der Waals surface area (Å²) < 4.78 is 26.3. The van der Waals surface area contributed by atoms with Crippen LogP contribution < -0.4 is 5.32 Å². The summed E-state index contributed by atoms with van der Waals surface area (Å²) in [6.45, 7) is 0. The Bertz CT molecular complexity index is 623. The molecule has 19 heavy (non-hydrogen) atoms. The van der Waals surface area contributed by atoms with Gasteiger partial charge >= 0.3 is 0 Å². The van der Waals surface area contributed by atoms with Crippen molar-refractivity contribution in [1.29, 1.82) is 0 Å². The van der Waals surface area contributed by atoms with Crippen LogP contribution in [-0.2, 0) is 0 Å². The first-order chi connectivity index (χ1) is 8.99. The number of hydrogen-bond acceptors (Lipinski definition) is 2. The number of amides is 1. The zero-order valence-corrected chi connectivity index (χ0v) is 10.2. The van der Waals surface area contributed by atoms with Crippen LogP contribution in [0.25, 0.3) is 0 Å². The van der Waals surface area contributed by atoms with Crippen LogP contribution in [0.15, 0.2) is 36.4 Å². The van der Waals surface area contributed by atoms with Gasteiger partial charge in [-0.1, -0.05) is 23.7 Å². The SMILES string of the molecule is O=C(Nc1c(F)cc(F)cc1Cl)c1ccccc1O. The molecule has 0 saturated heterocycles. The molecule has 2 rings (SSSR count). The maximum absolute atomic E-state index is 13.5. The van der Waals surface area contributed by atoms with Crippen molar-refractivity contribution >= 4 is 23.2 Å². The third-order valence-corrected chi connectivity index (χ3v) is 2.69. The van der Waals surface area contributed by atoms with Crippen LogP contribution in [0.1, 0.15) is 10.4 Å². The smallest absolute Gasteiger partial charge is 0.259 e. The van der Waals surface area contributed by atoms with E-state index in [1.807, 2.05) is 0 Å². The van der Waals surface area contributed by atoms with Gasteiger partial charge in [0.2, 0.25) is 0 Å².